The summed E-state index contributed by atoms with van der Waals surface area (Å²) in [5.74, 6) is -8.08. The first-order chi connectivity index (χ1) is 16.7. The van der Waals surface area contributed by atoms with Crippen molar-refractivity contribution >= 4 is 18.0 Å². The van der Waals surface area contributed by atoms with Crippen LogP contribution in [0.25, 0.3) is 11.1 Å². The van der Waals surface area contributed by atoms with Crippen molar-refractivity contribution in [1.82, 2.24) is 10.2 Å². The van der Waals surface area contributed by atoms with Gasteiger partial charge in [0.25, 0.3) is 5.92 Å². The number of carboxylic acids is 1. The predicted octanol–water partition coefficient (Wildman–Crippen LogP) is 3.73. The Hall–Kier alpha value is -3.49. The highest BCUT2D eigenvalue weighted by Crippen LogP contribution is 2.56. The molecule has 1 heterocycles. The molecule has 1 saturated heterocycles. The van der Waals surface area contributed by atoms with Crippen LogP contribution in [0.3, 0.4) is 0 Å². The number of aliphatic carboxylic acids is 1. The summed E-state index contributed by atoms with van der Waals surface area (Å²) in [5, 5.41) is 11.7. The van der Waals surface area contributed by atoms with Crippen LogP contribution in [0.2, 0.25) is 0 Å². The van der Waals surface area contributed by atoms with Gasteiger partial charge in [0, 0.05) is 25.6 Å². The Morgan fingerprint density at radius 3 is 2.17 bits per heavy atom. The Bertz CT molecular complexity index is 1150. The Morgan fingerprint density at radius 2 is 1.63 bits per heavy atom. The molecule has 2 aromatic carbocycles. The maximum Gasteiger partial charge on any atom is 0.407 e. The fraction of sp³-hybridized carbons (Fsp3) is 0.423. The maximum absolute atomic E-state index is 14.3. The number of amides is 2. The van der Waals surface area contributed by atoms with Gasteiger partial charge >= 0.3 is 12.1 Å². The van der Waals surface area contributed by atoms with Gasteiger partial charge in [0.05, 0.1) is 5.92 Å². The summed E-state index contributed by atoms with van der Waals surface area (Å²) in [6, 6.07) is 15.7. The number of halogens is 2. The molecule has 2 fully saturated rings. The van der Waals surface area contributed by atoms with E-state index in [1.807, 2.05) is 48.5 Å². The smallest absolute Gasteiger partial charge is 0.407 e. The summed E-state index contributed by atoms with van der Waals surface area (Å²) in [6.07, 6.45) is -0.500. The number of rotatable bonds is 7. The van der Waals surface area contributed by atoms with Crippen molar-refractivity contribution in [3.8, 4) is 11.1 Å². The molecular formula is C26H26F2N2O5. The number of benzene rings is 2. The molecule has 184 valence electrons. The monoisotopic (exact) mass is 484 g/mol. The van der Waals surface area contributed by atoms with E-state index in [0.29, 0.717) is 6.42 Å². The van der Waals surface area contributed by atoms with Crippen LogP contribution in [-0.2, 0) is 14.3 Å². The SMILES string of the molecule is CCC1(C(=O)O)CN(C(=O)C2C(CNC(=O)OCC3c4ccccc4-c4ccccc43)C2(F)F)C1. The number of fused-ring (bicyclic) bond motifs is 3. The zero-order valence-corrected chi connectivity index (χ0v) is 19.2. The van der Waals surface area contributed by atoms with Crippen LogP contribution in [0.4, 0.5) is 13.6 Å². The van der Waals surface area contributed by atoms with E-state index < -0.39 is 47.7 Å². The summed E-state index contributed by atoms with van der Waals surface area (Å²) in [6.45, 7) is 1.22. The Morgan fingerprint density at radius 1 is 1.06 bits per heavy atom. The van der Waals surface area contributed by atoms with Gasteiger partial charge in [-0.2, -0.15) is 0 Å². The molecule has 0 spiro atoms. The molecule has 0 aromatic heterocycles. The fourth-order valence-corrected chi connectivity index (χ4v) is 5.37. The fourth-order valence-electron chi connectivity index (χ4n) is 5.37. The molecule has 1 aliphatic heterocycles. The van der Waals surface area contributed by atoms with Crippen molar-refractivity contribution in [2.24, 2.45) is 17.3 Å². The quantitative estimate of drug-likeness (QED) is 0.625. The van der Waals surface area contributed by atoms with E-state index in [2.05, 4.69) is 5.32 Å². The van der Waals surface area contributed by atoms with Crippen LogP contribution in [0.15, 0.2) is 48.5 Å². The average Bonchev–Trinajstić information content (AvgIpc) is 3.22. The second-order valence-electron chi connectivity index (χ2n) is 9.60. The third-order valence-corrected chi connectivity index (χ3v) is 7.71. The number of hydrogen-bond acceptors (Lipinski definition) is 4. The number of carboxylic acid groups (broad SMARTS) is 1. The first kappa shape index (κ1) is 23.3. The number of alkyl halides is 2. The Balaban J connectivity index is 1.15. The third-order valence-electron chi connectivity index (χ3n) is 7.71. The van der Waals surface area contributed by atoms with E-state index in [4.69, 9.17) is 4.74 Å². The number of carbonyl (C=O) groups is 3. The van der Waals surface area contributed by atoms with Crippen molar-refractivity contribution in [2.75, 3.05) is 26.2 Å². The highest BCUT2D eigenvalue weighted by molar-refractivity contribution is 5.88. The lowest BCUT2D eigenvalue weighted by Gasteiger charge is -2.46. The number of nitrogens with zero attached hydrogens (tertiary/aromatic N) is 1. The van der Waals surface area contributed by atoms with Crippen LogP contribution in [0, 0.1) is 17.3 Å². The van der Waals surface area contributed by atoms with Gasteiger partial charge in [-0.05, 0) is 28.7 Å². The number of likely N-dealkylation sites (tertiary alicyclic amines) is 1. The van der Waals surface area contributed by atoms with Gasteiger partial charge in [-0.1, -0.05) is 55.5 Å². The zero-order chi connectivity index (χ0) is 25.0. The summed E-state index contributed by atoms with van der Waals surface area (Å²) in [5.41, 5.74) is 3.18. The lowest BCUT2D eigenvalue weighted by atomic mass is 9.77. The number of alkyl carbamates (subject to hydrolysis) is 1. The van der Waals surface area contributed by atoms with E-state index in [1.54, 1.807) is 6.92 Å². The summed E-state index contributed by atoms with van der Waals surface area (Å²) >= 11 is 0. The second kappa shape index (κ2) is 8.32. The summed E-state index contributed by atoms with van der Waals surface area (Å²) in [4.78, 5) is 37.4. The van der Waals surface area contributed by atoms with Crippen LogP contribution in [0.5, 0.6) is 0 Å². The molecular weight excluding hydrogens is 458 g/mol. The minimum absolute atomic E-state index is 0.0609. The number of nitrogens with one attached hydrogen (secondary N) is 1. The number of carbonyl (C=O) groups excluding carboxylic acids is 2. The average molecular weight is 484 g/mol. The minimum atomic E-state index is -3.25. The molecule has 2 aromatic rings. The molecule has 2 aliphatic carbocycles. The molecule has 7 nitrogen and oxygen atoms in total. The first-order valence-electron chi connectivity index (χ1n) is 11.7. The van der Waals surface area contributed by atoms with Crippen LogP contribution in [0.1, 0.15) is 30.4 Å². The molecule has 3 aliphatic rings. The minimum Gasteiger partial charge on any atom is -0.481 e. The van der Waals surface area contributed by atoms with Crippen molar-refractivity contribution in [3.05, 3.63) is 59.7 Å². The van der Waals surface area contributed by atoms with Gasteiger partial charge in [-0.15, -0.1) is 0 Å². The van der Waals surface area contributed by atoms with E-state index in [1.165, 1.54) is 4.90 Å². The molecule has 0 radical (unpaired) electrons. The largest absolute Gasteiger partial charge is 0.481 e. The van der Waals surface area contributed by atoms with Crippen LogP contribution >= 0.6 is 0 Å². The molecule has 5 rings (SSSR count). The van der Waals surface area contributed by atoms with Gasteiger partial charge in [-0.3, -0.25) is 9.59 Å². The normalized spacial score (nSPS) is 23.0. The standard InChI is InChI=1S/C26H26F2N2O5/c1-2-25(23(32)33)13-30(14-25)22(31)21-20(26(21,27)28)11-29-24(34)35-12-19-17-9-5-3-7-15(17)16-8-4-6-10-18(16)19/h3-10,19-21H,2,11-14H2,1H3,(H,29,34)(H,32,33). The van der Waals surface area contributed by atoms with Gasteiger partial charge < -0.3 is 20.1 Å². The first-order valence-corrected chi connectivity index (χ1v) is 11.7. The summed E-state index contributed by atoms with van der Waals surface area (Å²) in [7, 11) is 0. The molecule has 1 saturated carbocycles. The zero-order valence-electron chi connectivity index (χ0n) is 19.2. The van der Waals surface area contributed by atoms with E-state index in [0.717, 1.165) is 22.3 Å². The van der Waals surface area contributed by atoms with Crippen molar-refractivity contribution in [3.63, 3.8) is 0 Å². The van der Waals surface area contributed by atoms with Crippen molar-refractivity contribution < 1.29 is 33.0 Å². The van der Waals surface area contributed by atoms with Gasteiger partial charge in [0.15, 0.2) is 0 Å². The lowest BCUT2D eigenvalue weighted by Crippen LogP contribution is -2.62. The number of ether oxygens (including phenoxy) is 1. The third kappa shape index (κ3) is 3.73. The lowest BCUT2D eigenvalue weighted by molar-refractivity contribution is -0.167. The molecule has 35 heavy (non-hydrogen) atoms. The Kier molecular flexibility index (Phi) is 5.53. The van der Waals surface area contributed by atoms with E-state index in [9.17, 15) is 28.3 Å². The van der Waals surface area contributed by atoms with Crippen LogP contribution in [-0.4, -0.2) is 60.1 Å². The van der Waals surface area contributed by atoms with Gasteiger partial charge in [0.2, 0.25) is 5.91 Å². The van der Waals surface area contributed by atoms with Crippen molar-refractivity contribution in [2.45, 2.75) is 25.2 Å². The molecule has 2 unspecified atom stereocenters. The summed E-state index contributed by atoms with van der Waals surface area (Å²) < 4.78 is 34.0. The molecule has 2 amide bonds. The predicted molar refractivity (Wildman–Crippen MR) is 122 cm³/mol. The molecule has 2 N–H and O–H groups in total. The molecule has 0 bridgehead atoms. The van der Waals surface area contributed by atoms with E-state index >= 15 is 0 Å². The van der Waals surface area contributed by atoms with Crippen molar-refractivity contribution in [1.29, 1.82) is 0 Å². The van der Waals surface area contributed by atoms with E-state index in [-0.39, 0.29) is 25.6 Å². The maximum atomic E-state index is 14.3. The molecule has 2 atom stereocenters. The molecule has 9 heteroatoms. The number of hydrogen-bond donors (Lipinski definition) is 2. The van der Waals surface area contributed by atoms with Gasteiger partial charge in [-0.25, -0.2) is 13.6 Å². The van der Waals surface area contributed by atoms with Gasteiger partial charge in [0.1, 0.15) is 17.9 Å². The Labute approximate surface area is 201 Å². The second-order valence-corrected chi connectivity index (χ2v) is 9.60. The highest BCUT2D eigenvalue weighted by Gasteiger charge is 2.73. The highest BCUT2D eigenvalue weighted by atomic mass is 19.3. The topological polar surface area (TPSA) is 95.9 Å². The van der Waals surface area contributed by atoms with Crippen LogP contribution < -0.4 is 5.32 Å².